The van der Waals surface area contributed by atoms with E-state index in [1.54, 1.807) is 31.2 Å². The molecular formula is C25H22N4O4. The van der Waals surface area contributed by atoms with Crippen LogP contribution in [0.4, 0.5) is 10.5 Å². The number of amides is 2. The van der Waals surface area contributed by atoms with Crippen LogP contribution in [0, 0.1) is 0 Å². The van der Waals surface area contributed by atoms with Gasteiger partial charge >= 0.3 is 12.0 Å². The number of hydrogen-bond donors (Lipinski definition) is 2. The van der Waals surface area contributed by atoms with E-state index in [2.05, 4.69) is 20.8 Å². The fourth-order valence-corrected chi connectivity index (χ4v) is 3.18. The zero-order chi connectivity index (χ0) is 23.0. The molecule has 4 aromatic rings. The number of aromatic nitrogens is 2. The Balaban J connectivity index is 1.51. The predicted octanol–water partition coefficient (Wildman–Crippen LogP) is 4.82. The van der Waals surface area contributed by atoms with Crippen molar-refractivity contribution in [1.82, 2.24) is 15.5 Å². The predicted molar refractivity (Wildman–Crippen MR) is 123 cm³/mol. The van der Waals surface area contributed by atoms with E-state index >= 15 is 0 Å². The molecule has 0 bridgehead atoms. The van der Waals surface area contributed by atoms with E-state index in [0.29, 0.717) is 23.7 Å². The van der Waals surface area contributed by atoms with Crippen LogP contribution < -0.4 is 10.6 Å². The van der Waals surface area contributed by atoms with Gasteiger partial charge in [0.1, 0.15) is 6.04 Å². The van der Waals surface area contributed by atoms with Crippen LogP contribution in [0.25, 0.3) is 11.5 Å². The Hall–Kier alpha value is -4.46. The van der Waals surface area contributed by atoms with Crippen molar-refractivity contribution in [3.8, 4) is 11.5 Å². The van der Waals surface area contributed by atoms with Gasteiger partial charge in [-0.15, -0.1) is 10.2 Å². The summed E-state index contributed by atoms with van der Waals surface area (Å²) >= 11 is 0. The van der Waals surface area contributed by atoms with Crippen LogP contribution in [-0.2, 0) is 4.74 Å². The second kappa shape index (κ2) is 10.2. The lowest BCUT2D eigenvalue weighted by molar-refractivity contribution is 0.0526. The van der Waals surface area contributed by atoms with Crippen molar-refractivity contribution in [3.05, 3.63) is 102 Å². The Labute approximate surface area is 190 Å². The molecule has 2 amide bonds. The Morgan fingerprint density at radius 2 is 1.58 bits per heavy atom. The minimum Gasteiger partial charge on any atom is -0.462 e. The first kappa shape index (κ1) is 21.8. The first-order chi connectivity index (χ1) is 16.1. The van der Waals surface area contributed by atoms with Crippen LogP contribution in [0.3, 0.4) is 0 Å². The number of urea groups is 1. The van der Waals surface area contributed by atoms with Crippen molar-refractivity contribution in [2.45, 2.75) is 13.0 Å². The number of nitrogens with one attached hydrogen (secondary N) is 2. The quantitative estimate of drug-likeness (QED) is 0.397. The normalized spacial score (nSPS) is 11.4. The minimum absolute atomic E-state index is 0.257. The largest absolute Gasteiger partial charge is 0.462 e. The van der Waals surface area contributed by atoms with E-state index in [9.17, 15) is 9.59 Å². The van der Waals surface area contributed by atoms with Gasteiger partial charge in [0.25, 0.3) is 0 Å². The monoisotopic (exact) mass is 442 g/mol. The van der Waals surface area contributed by atoms with Gasteiger partial charge in [-0.3, -0.25) is 0 Å². The second-order valence-corrected chi connectivity index (χ2v) is 7.05. The average molecular weight is 442 g/mol. The highest BCUT2D eigenvalue weighted by Gasteiger charge is 2.23. The van der Waals surface area contributed by atoms with E-state index in [4.69, 9.17) is 9.15 Å². The van der Waals surface area contributed by atoms with Gasteiger partial charge in [0.05, 0.1) is 12.2 Å². The third kappa shape index (κ3) is 5.43. The molecular weight excluding hydrogens is 420 g/mol. The van der Waals surface area contributed by atoms with Crippen molar-refractivity contribution in [2.75, 3.05) is 11.9 Å². The van der Waals surface area contributed by atoms with E-state index < -0.39 is 18.0 Å². The molecule has 33 heavy (non-hydrogen) atoms. The van der Waals surface area contributed by atoms with Crippen molar-refractivity contribution in [2.24, 2.45) is 0 Å². The van der Waals surface area contributed by atoms with E-state index in [1.165, 1.54) is 0 Å². The van der Waals surface area contributed by atoms with Crippen molar-refractivity contribution >= 4 is 17.7 Å². The maximum atomic E-state index is 12.8. The number of hydrogen-bond acceptors (Lipinski definition) is 6. The summed E-state index contributed by atoms with van der Waals surface area (Å²) in [4.78, 5) is 24.6. The number of ether oxygens (including phenoxy) is 1. The molecule has 0 radical (unpaired) electrons. The standard InChI is InChI=1S/C25H22N4O4/c1-2-32-24(30)19-13-15-20(16-14-19)26-25(31)27-21(17-9-5-3-6-10-17)23-29-28-22(33-23)18-11-7-4-8-12-18/h3-16,21H,2H2,1H3,(H2,26,27,31)/t21-/m1/s1. The highest BCUT2D eigenvalue weighted by atomic mass is 16.5. The van der Waals surface area contributed by atoms with Gasteiger partial charge in [0, 0.05) is 11.3 Å². The van der Waals surface area contributed by atoms with Gasteiger partial charge in [-0.1, -0.05) is 48.5 Å². The van der Waals surface area contributed by atoms with Gasteiger partial charge < -0.3 is 19.8 Å². The van der Waals surface area contributed by atoms with Crippen LogP contribution in [0.2, 0.25) is 0 Å². The molecule has 0 aliphatic rings. The fraction of sp³-hybridized carbons (Fsp3) is 0.120. The zero-order valence-corrected chi connectivity index (χ0v) is 17.9. The summed E-state index contributed by atoms with van der Waals surface area (Å²) in [6.07, 6.45) is 0. The third-order valence-corrected chi connectivity index (χ3v) is 4.77. The molecule has 2 N–H and O–H groups in total. The number of esters is 1. The summed E-state index contributed by atoms with van der Waals surface area (Å²) in [7, 11) is 0. The summed E-state index contributed by atoms with van der Waals surface area (Å²) < 4.78 is 10.9. The second-order valence-electron chi connectivity index (χ2n) is 7.05. The lowest BCUT2D eigenvalue weighted by Gasteiger charge is -2.16. The summed E-state index contributed by atoms with van der Waals surface area (Å²) in [5, 5.41) is 13.9. The summed E-state index contributed by atoms with van der Waals surface area (Å²) in [6, 6.07) is 24.1. The highest BCUT2D eigenvalue weighted by molar-refractivity contribution is 5.92. The maximum absolute atomic E-state index is 12.8. The van der Waals surface area contributed by atoms with Gasteiger partial charge in [-0.05, 0) is 48.9 Å². The van der Waals surface area contributed by atoms with E-state index in [0.717, 1.165) is 11.1 Å². The fourth-order valence-electron chi connectivity index (χ4n) is 3.18. The molecule has 0 spiro atoms. The molecule has 4 rings (SSSR count). The SMILES string of the molecule is CCOC(=O)c1ccc(NC(=O)N[C@H](c2ccccc2)c2nnc(-c3ccccc3)o2)cc1. The van der Waals surface area contributed by atoms with Gasteiger partial charge in [-0.2, -0.15) is 0 Å². The number of carbonyl (C=O) groups is 2. The Kier molecular flexibility index (Phi) is 6.75. The van der Waals surface area contributed by atoms with Crippen LogP contribution in [0.15, 0.2) is 89.3 Å². The van der Waals surface area contributed by atoms with Crippen molar-refractivity contribution in [1.29, 1.82) is 0 Å². The topological polar surface area (TPSA) is 106 Å². The molecule has 0 saturated heterocycles. The molecule has 166 valence electrons. The van der Waals surface area contributed by atoms with Crippen molar-refractivity contribution < 1.29 is 18.7 Å². The average Bonchev–Trinajstić information content (AvgIpc) is 3.34. The molecule has 0 aliphatic heterocycles. The first-order valence-corrected chi connectivity index (χ1v) is 10.4. The lowest BCUT2D eigenvalue weighted by atomic mass is 10.1. The number of nitrogens with zero attached hydrogens (tertiary/aromatic N) is 2. The smallest absolute Gasteiger partial charge is 0.338 e. The van der Waals surface area contributed by atoms with E-state index in [-0.39, 0.29) is 5.89 Å². The van der Waals surface area contributed by atoms with Gasteiger partial charge in [0.2, 0.25) is 11.8 Å². The third-order valence-electron chi connectivity index (χ3n) is 4.77. The molecule has 1 aromatic heterocycles. The Bertz CT molecular complexity index is 1210. The first-order valence-electron chi connectivity index (χ1n) is 10.4. The molecule has 1 atom stereocenters. The summed E-state index contributed by atoms with van der Waals surface area (Å²) in [5.74, 6) is 0.208. The zero-order valence-electron chi connectivity index (χ0n) is 17.9. The number of rotatable bonds is 7. The highest BCUT2D eigenvalue weighted by Crippen LogP contribution is 2.25. The van der Waals surface area contributed by atoms with Crippen LogP contribution in [-0.4, -0.2) is 28.8 Å². The molecule has 0 fully saturated rings. The lowest BCUT2D eigenvalue weighted by Crippen LogP contribution is -2.33. The van der Waals surface area contributed by atoms with Crippen LogP contribution in [0.1, 0.15) is 34.8 Å². The summed E-state index contributed by atoms with van der Waals surface area (Å²) in [5.41, 5.74) is 2.50. The molecule has 0 unspecified atom stereocenters. The van der Waals surface area contributed by atoms with Crippen LogP contribution >= 0.6 is 0 Å². The number of benzene rings is 3. The summed E-state index contributed by atoms with van der Waals surface area (Å²) in [6.45, 7) is 2.04. The molecule has 8 heteroatoms. The minimum atomic E-state index is -0.657. The Morgan fingerprint density at radius 1 is 0.909 bits per heavy atom. The number of carbonyl (C=O) groups excluding carboxylic acids is 2. The van der Waals surface area contributed by atoms with Gasteiger partial charge in [-0.25, -0.2) is 9.59 Å². The molecule has 8 nitrogen and oxygen atoms in total. The molecule has 1 heterocycles. The molecule has 0 saturated carbocycles. The Morgan fingerprint density at radius 3 is 2.24 bits per heavy atom. The van der Waals surface area contributed by atoms with E-state index in [1.807, 2.05) is 60.7 Å². The maximum Gasteiger partial charge on any atom is 0.338 e. The van der Waals surface area contributed by atoms with Crippen molar-refractivity contribution in [3.63, 3.8) is 0 Å². The van der Waals surface area contributed by atoms with Crippen LogP contribution in [0.5, 0.6) is 0 Å². The molecule has 3 aromatic carbocycles. The number of anilines is 1. The van der Waals surface area contributed by atoms with Gasteiger partial charge in [0.15, 0.2) is 0 Å². The molecule has 0 aliphatic carbocycles.